The third kappa shape index (κ3) is 2.08. The summed E-state index contributed by atoms with van der Waals surface area (Å²) in [4.78, 5) is 14.7. The second-order valence-electron chi connectivity index (χ2n) is 3.16. The van der Waals surface area contributed by atoms with Gasteiger partial charge < -0.3 is 0 Å². The molecule has 2 aromatic rings. The average molecular weight is 238 g/mol. The molecule has 76 valence electrons. The van der Waals surface area contributed by atoms with Crippen LogP contribution in [-0.4, -0.2) is 11.3 Å². The Morgan fingerprint density at radius 3 is 2.87 bits per heavy atom. The highest BCUT2D eigenvalue weighted by Crippen LogP contribution is 2.27. The van der Waals surface area contributed by atoms with Gasteiger partial charge in [-0.1, -0.05) is 23.7 Å². The summed E-state index contributed by atoms with van der Waals surface area (Å²) in [6.45, 7) is 1.95. The third-order valence-corrected chi connectivity index (χ3v) is 3.38. The molecule has 0 N–H and O–H groups in total. The Kier molecular flexibility index (Phi) is 2.84. The molecule has 0 saturated carbocycles. The summed E-state index contributed by atoms with van der Waals surface area (Å²) >= 11 is 7.45. The summed E-state index contributed by atoms with van der Waals surface area (Å²) in [6.07, 6.45) is 0.746. The van der Waals surface area contributed by atoms with E-state index in [-0.39, 0.29) is 0 Å². The molecule has 0 amide bonds. The number of halogens is 1. The lowest BCUT2D eigenvalue weighted by atomic mass is 10.1. The molecule has 2 rings (SSSR count). The number of aromatic nitrogens is 1. The summed E-state index contributed by atoms with van der Waals surface area (Å²) in [5.41, 5.74) is 2.45. The molecular formula is C11H8ClNOS. The average Bonchev–Trinajstić information content (AvgIpc) is 2.70. The summed E-state index contributed by atoms with van der Waals surface area (Å²) in [5.74, 6) is 0. The fraction of sp³-hybridized carbons (Fsp3) is 0.0909. The van der Waals surface area contributed by atoms with Crippen molar-refractivity contribution >= 4 is 29.2 Å². The van der Waals surface area contributed by atoms with Gasteiger partial charge in [-0.15, -0.1) is 11.3 Å². The van der Waals surface area contributed by atoms with E-state index in [0.717, 1.165) is 27.4 Å². The molecule has 0 aliphatic rings. The zero-order chi connectivity index (χ0) is 10.8. The number of carbonyl (C=O) groups is 1. The molecule has 0 saturated heterocycles. The van der Waals surface area contributed by atoms with Gasteiger partial charge >= 0.3 is 0 Å². The third-order valence-electron chi connectivity index (χ3n) is 2.06. The van der Waals surface area contributed by atoms with Crippen LogP contribution in [0.25, 0.3) is 10.6 Å². The number of rotatable bonds is 2. The first kappa shape index (κ1) is 10.3. The van der Waals surface area contributed by atoms with Crippen molar-refractivity contribution in [2.45, 2.75) is 6.92 Å². The maximum atomic E-state index is 10.5. The van der Waals surface area contributed by atoms with E-state index in [9.17, 15) is 4.79 Å². The Labute approximate surface area is 96.5 Å². The van der Waals surface area contributed by atoms with Gasteiger partial charge in [-0.05, 0) is 18.6 Å². The van der Waals surface area contributed by atoms with Gasteiger partial charge in [0.2, 0.25) is 0 Å². The minimum absolute atomic E-state index is 0.465. The van der Waals surface area contributed by atoms with Crippen LogP contribution in [0.2, 0.25) is 5.02 Å². The van der Waals surface area contributed by atoms with Crippen LogP contribution in [0.4, 0.5) is 0 Å². The number of benzene rings is 1. The van der Waals surface area contributed by atoms with Crippen LogP contribution in [0.3, 0.4) is 0 Å². The quantitative estimate of drug-likeness (QED) is 0.748. The van der Waals surface area contributed by atoms with Crippen molar-refractivity contribution in [3.05, 3.63) is 39.9 Å². The Hall–Kier alpha value is -1.19. The predicted octanol–water partition coefficient (Wildman–Crippen LogP) is 3.58. The largest absolute Gasteiger partial charge is 0.296 e. The van der Waals surface area contributed by atoms with Gasteiger partial charge in [0.1, 0.15) is 10.7 Å². The molecule has 1 aromatic carbocycles. The van der Waals surface area contributed by atoms with E-state index < -0.39 is 0 Å². The topological polar surface area (TPSA) is 30.0 Å². The predicted molar refractivity (Wildman–Crippen MR) is 62.7 cm³/mol. The van der Waals surface area contributed by atoms with E-state index in [1.165, 1.54) is 11.3 Å². The zero-order valence-electron chi connectivity index (χ0n) is 8.03. The number of aldehydes is 1. The molecule has 0 bridgehead atoms. The second kappa shape index (κ2) is 4.13. The fourth-order valence-electron chi connectivity index (χ4n) is 1.20. The minimum Gasteiger partial charge on any atom is -0.296 e. The molecule has 0 unspecified atom stereocenters. The highest BCUT2D eigenvalue weighted by molar-refractivity contribution is 7.13. The number of thiazole rings is 1. The SMILES string of the molecule is Cc1ccc(-c2nc(C=O)cs2)cc1Cl. The first-order valence-corrected chi connectivity index (χ1v) is 5.63. The van der Waals surface area contributed by atoms with E-state index in [4.69, 9.17) is 11.6 Å². The maximum Gasteiger partial charge on any atom is 0.169 e. The van der Waals surface area contributed by atoms with Crippen molar-refractivity contribution in [1.29, 1.82) is 0 Å². The molecule has 1 heterocycles. The van der Waals surface area contributed by atoms with Gasteiger partial charge in [-0.2, -0.15) is 0 Å². The Morgan fingerprint density at radius 1 is 1.47 bits per heavy atom. The molecule has 2 nitrogen and oxygen atoms in total. The van der Waals surface area contributed by atoms with E-state index in [1.54, 1.807) is 5.38 Å². The molecular weight excluding hydrogens is 230 g/mol. The zero-order valence-corrected chi connectivity index (χ0v) is 9.60. The van der Waals surface area contributed by atoms with Crippen LogP contribution in [0, 0.1) is 6.92 Å². The Bertz CT molecular complexity index is 507. The van der Waals surface area contributed by atoms with Crippen LogP contribution < -0.4 is 0 Å². The van der Waals surface area contributed by atoms with Crippen molar-refractivity contribution in [2.24, 2.45) is 0 Å². The molecule has 0 radical (unpaired) electrons. The van der Waals surface area contributed by atoms with Crippen molar-refractivity contribution < 1.29 is 4.79 Å². The van der Waals surface area contributed by atoms with Gasteiger partial charge in [0, 0.05) is 16.0 Å². The summed E-state index contributed by atoms with van der Waals surface area (Å²) in [7, 11) is 0. The van der Waals surface area contributed by atoms with Crippen LogP contribution in [0.15, 0.2) is 23.6 Å². The van der Waals surface area contributed by atoms with E-state index in [2.05, 4.69) is 4.98 Å². The van der Waals surface area contributed by atoms with Crippen molar-refractivity contribution in [2.75, 3.05) is 0 Å². The lowest BCUT2D eigenvalue weighted by Crippen LogP contribution is -1.81. The van der Waals surface area contributed by atoms with E-state index in [0.29, 0.717) is 5.69 Å². The van der Waals surface area contributed by atoms with Crippen molar-refractivity contribution in [3.63, 3.8) is 0 Å². The van der Waals surface area contributed by atoms with Gasteiger partial charge in [0.15, 0.2) is 6.29 Å². The van der Waals surface area contributed by atoms with Gasteiger partial charge in [0.05, 0.1) is 0 Å². The van der Waals surface area contributed by atoms with E-state index >= 15 is 0 Å². The minimum atomic E-state index is 0.465. The molecule has 0 spiro atoms. The Morgan fingerprint density at radius 2 is 2.27 bits per heavy atom. The van der Waals surface area contributed by atoms with Gasteiger partial charge in [-0.3, -0.25) is 4.79 Å². The van der Waals surface area contributed by atoms with Crippen LogP contribution >= 0.6 is 22.9 Å². The van der Waals surface area contributed by atoms with Crippen LogP contribution in [0.5, 0.6) is 0 Å². The Balaban J connectivity index is 2.44. The molecule has 0 atom stereocenters. The normalized spacial score (nSPS) is 10.3. The number of carbonyl (C=O) groups excluding carboxylic acids is 1. The molecule has 15 heavy (non-hydrogen) atoms. The smallest absolute Gasteiger partial charge is 0.169 e. The summed E-state index contributed by atoms with van der Waals surface area (Å²) in [5, 5.41) is 3.27. The second-order valence-corrected chi connectivity index (χ2v) is 4.42. The van der Waals surface area contributed by atoms with Crippen LogP contribution in [0.1, 0.15) is 16.1 Å². The number of nitrogens with zero attached hydrogens (tertiary/aromatic N) is 1. The molecule has 0 fully saturated rings. The van der Waals surface area contributed by atoms with Gasteiger partial charge in [-0.25, -0.2) is 4.98 Å². The standard InChI is InChI=1S/C11H8ClNOS/c1-7-2-3-8(4-10(7)12)11-13-9(5-14)6-15-11/h2-6H,1H3. The van der Waals surface area contributed by atoms with Crippen molar-refractivity contribution in [3.8, 4) is 10.6 Å². The van der Waals surface area contributed by atoms with Crippen LogP contribution in [-0.2, 0) is 0 Å². The number of aryl methyl sites for hydroxylation is 1. The van der Waals surface area contributed by atoms with Crippen molar-refractivity contribution in [1.82, 2.24) is 4.98 Å². The molecule has 0 aliphatic heterocycles. The molecule has 1 aromatic heterocycles. The first-order chi connectivity index (χ1) is 7.20. The highest BCUT2D eigenvalue weighted by Gasteiger charge is 2.05. The first-order valence-electron chi connectivity index (χ1n) is 4.38. The molecule has 4 heteroatoms. The molecule has 0 aliphatic carbocycles. The lowest BCUT2D eigenvalue weighted by Gasteiger charge is -1.99. The lowest BCUT2D eigenvalue weighted by molar-refractivity contribution is 0.111. The van der Waals surface area contributed by atoms with E-state index in [1.807, 2.05) is 25.1 Å². The highest BCUT2D eigenvalue weighted by atomic mass is 35.5. The summed E-state index contributed by atoms with van der Waals surface area (Å²) in [6, 6.07) is 5.76. The summed E-state index contributed by atoms with van der Waals surface area (Å²) < 4.78 is 0. The monoisotopic (exact) mass is 237 g/mol. The van der Waals surface area contributed by atoms with Gasteiger partial charge in [0.25, 0.3) is 0 Å². The number of hydrogen-bond acceptors (Lipinski definition) is 3. The number of hydrogen-bond donors (Lipinski definition) is 0. The maximum absolute atomic E-state index is 10.5. The fourth-order valence-corrected chi connectivity index (χ4v) is 2.14.